The van der Waals surface area contributed by atoms with E-state index in [1.54, 1.807) is 7.05 Å². The lowest BCUT2D eigenvalue weighted by molar-refractivity contribution is -0.119. The van der Waals surface area contributed by atoms with Crippen molar-refractivity contribution in [2.75, 3.05) is 18.6 Å². The average molecular weight is 308 g/mol. The minimum atomic E-state index is -0.596. The molecule has 0 spiro atoms. The Morgan fingerprint density at radius 1 is 1.56 bits per heavy atom. The SMILES string of the molecule is CN1C(=O)[C@@H](N)COc2ccc(Br)cc21.Cl. The Morgan fingerprint density at radius 3 is 2.94 bits per heavy atom. The molecule has 0 fully saturated rings. The highest BCUT2D eigenvalue weighted by Gasteiger charge is 2.26. The Hall–Kier alpha value is -0.780. The van der Waals surface area contributed by atoms with Crippen molar-refractivity contribution in [3.05, 3.63) is 22.7 Å². The molecule has 6 heteroatoms. The number of anilines is 1. The van der Waals surface area contributed by atoms with Gasteiger partial charge in [0.15, 0.2) is 0 Å². The first-order chi connectivity index (χ1) is 7.09. The predicted molar refractivity (Wildman–Crippen MR) is 68.3 cm³/mol. The monoisotopic (exact) mass is 306 g/mol. The summed E-state index contributed by atoms with van der Waals surface area (Å²) in [5, 5.41) is 0. The molecule has 1 aliphatic rings. The van der Waals surface area contributed by atoms with Crippen molar-refractivity contribution in [1.82, 2.24) is 0 Å². The fraction of sp³-hybridized carbons (Fsp3) is 0.300. The number of nitrogens with zero attached hydrogens (tertiary/aromatic N) is 1. The van der Waals surface area contributed by atoms with E-state index in [4.69, 9.17) is 10.5 Å². The summed E-state index contributed by atoms with van der Waals surface area (Å²) in [6, 6.07) is 4.93. The number of hydrogen-bond donors (Lipinski definition) is 1. The minimum absolute atomic E-state index is 0. The topological polar surface area (TPSA) is 55.6 Å². The van der Waals surface area contributed by atoms with E-state index in [0.29, 0.717) is 5.75 Å². The number of hydrogen-bond acceptors (Lipinski definition) is 3. The van der Waals surface area contributed by atoms with Crippen molar-refractivity contribution >= 4 is 39.9 Å². The first-order valence-corrected chi connectivity index (χ1v) is 5.34. The van der Waals surface area contributed by atoms with E-state index in [2.05, 4.69) is 15.9 Å². The van der Waals surface area contributed by atoms with Gasteiger partial charge in [0.1, 0.15) is 18.4 Å². The summed E-state index contributed by atoms with van der Waals surface area (Å²) in [7, 11) is 1.70. The molecule has 1 heterocycles. The Bertz CT molecular complexity index is 414. The molecule has 0 radical (unpaired) electrons. The number of rotatable bonds is 0. The average Bonchev–Trinajstić information content (AvgIpc) is 2.32. The van der Waals surface area contributed by atoms with E-state index in [1.807, 2.05) is 18.2 Å². The van der Waals surface area contributed by atoms with Gasteiger partial charge in [-0.1, -0.05) is 15.9 Å². The van der Waals surface area contributed by atoms with Gasteiger partial charge in [0.25, 0.3) is 0 Å². The van der Waals surface area contributed by atoms with Crippen LogP contribution < -0.4 is 15.4 Å². The fourth-order valence-corrected chi connectivity index (χ4v) is 1.84. The highest BCUT2D eigenvalue weighted by molar-refractivity contribution is 9.10. The van der Waals surface area contributed by atoms with Crippen LogP contribution in [0.15, 0.2) is 22.7 Å². The van der Waals surface area contributed by atoms with Gasteiger partial charge in [-0.2, -0.15) is 0 Å². The molecule has 1 aromatic carbocycles. The van der Waals surface area contributed by atoms with Crippen LogP contribution in [-0.4, -0.2) is 25.6 Å². The van der Waals surface area contributed by atoms with Crippen molar-refractivity contribution in [3.8, 4) is 5.75 Å². The molecule has 2 N–H and O–H groups in total. The van der Waals surface area contributed by atoms with E-state index in [9.17, 15) is 4.79 Å². The molecular weight excluding hydrogens is 295 g/mol. The maximum absolute atomic E-state index is 11.7. The van der Waals surface area contributed by atoms with Crippen molar-refractivity contribution in [2.24, 2.45) is 5.73 Å². The third-order valence-corrected chi connectivity index (χ3v) is 2.84. The third-order valence-electron chi connectivity index (χ3n) is 2.35. The van der Waals surface area contributed by atoms with E-state index in [1.165, 1.54) is 4.90 Å². The number of amides is 1. The van der Waals surface area contributed by atoms with Gasteiger partial charge < -0.3 is 15.4 Å². The molecule has 0 unspecified atom stereocenters. The molecule has 0 aliphatic carbocycles. The molecule has 16 heavy (non-hydrogen) atoms. The second kappa shape index (κ2) is 5.03. The van der Waals surface area contributed by atoms with Crippen molar-refractivity contribution in [1.29, 1.82) is 0 Å². The number of nitrogens with two attached hydrogens (primary N) is 1. The number of carbonyl (C=O) groups excluding carboxylic acids is 1. The van der Waals surface area contributed by atoms with Crippen LogP contribution in [0.25, 0.3) is 0 Å². The molecule has 4 nitrogen and oxygen atoms in total. The summed E-state index contributed by atoms with van der Waals surface area (Å²) in [5.74, 6) is 0.550. The van der Waals surface area contributed by atoms with Crippen LogP contribution in [0, 0.1) is 0 Å². The largest absolute Gasteiger partial charge is 0.489 e. The Labute approximate surface area is 108 Å². The highest BCUT2D eigenvalue weighted by Crippen LogP contribution is 2.32. The predicted octanol–water partition coefficient (Wildman–Crippen LogP) is 1.55. The summed E-state index contributed by atoms with van der Waals surface area (Å²) < 4.78 is 6.35. The number of carbonyl (C=O) groups is 1. The van der Waals surface area contributed by atoms with Crippen LogP contribution in [0.2, 0.25) is 0 Å². The van der Waals surface area contributed by atoms with Crippen molar-refractivity contribution < 1.29 is 9.53 Å². The standard InChI is InChI=1S/C10H11BrN2O2.ClH/c1-13-8-4-6(11)2-3-9(8)15-5-7(12)10(13)14;/h2-4,7H,5,12H2,1H3;1H/t7-;/m0./s1. The van der Waals surface area contributed by atoms with Gasteiger partial charge in [0, 0.05) is 11.5 Å². The van der Waals surface area contributed by atoms with Gasteiger partial charge in [-0.3, -0.25) is 4.79 Å². The lowest BCUT2D eigenvalue weighted by atomic mass is 10.2. The number of fused-ring (bicyclic) bond motifs is 1. The number of halogens is 2. The molecule has 1 amide bonds. The smallest absolute Gasteiger partial charge is 0.247 e. The molecule has 0 saturated carbocycles. The molecule has 1 atom stereocenters. The molecule has 2 rings (SSSR count). The van der Waals surface area contributed by atoms with Crippen LogP contribution in [0.5, 0.6) is 5.75 Å². The first-order valence-electron chi connectivity index (χ1n) is 4.55. The van der Waals surface area contributed by atoms with Crippen molar-refractivity contribution in [3.63, 3.8) is 0 Å². The van der Waals surface area contributed by atoms with Gasteiger partial charge in [-0.15, -0.1) is 12.4 Å². The van der Waals surface area contributed by atoms with E-state index in [-0.39, 0.29) is 24.9 Å². The highest BCUT2D eigenvalue weighted by atomic mass is 79.9. The van der Waals surface area contributed by atoms with Crippen molar-refractivity contribution in [2.45, 2.75) is 6.04 Å². The minimum Gasteiger partial charge on any atom is -0.489 e. The molecule has 1 aromatic rings. The van der Waals surface area contributed by atoms with E-state index in [0.717, 1.165) is 10.2 Å². The van der Waals surface area contributed by atoms with Crippen LogP contribution in [0.3, 0.4) is 0 Å². The molecule has 0 saturated heterocycles. The van der Waals surface area contributed by atoms with E-state index < -0.39 is 6.04 Å². The third kappa shape index (κ3) is 2.31. The van der Waals surface area contributed by atoms with Gasteiger partial charge in [-0.05, 0) is 18.2 Å². The van der Waals surface area contributed by atoms with Crippen LogP contribution >= 0.6 is 28.3 Å². The molecule has 0 aromatic heterocycles. The lowest BCUT2D eigenvalue weighted by Gasteiger charge is -2.17. The molecule has 88 valence electrons. The molecular formula is C10H12BrClN2O2. The van der Waals surface area contributed by atoms with Crippen LogP contribution in [0.1, 0.15) is 0 Å². The summed E-state index contributed by atoms with van der Waals surface area (Å²) in [6.07, 6.45) is 0. The number of benzene rings is 1. The van der Waals surface area contributed by atoms with E-state index >= 15 is 0 Å². The summed E-state index contributed by atoms with van der Waals surface area (Å²) in [4.78, 5) is 13.3. The fourth-order valence-electron chi connectivity index (χ4n) is 1.49. The maximum atomic E-state index is 11.7. The van der Waals surface area contributed by atoms with Gasteiger partial charge >= 0.3 is 0 Å². The zero-order valence-electron chi connectivity index (χ0n) is 8.64. The maximum Gasteiger partial charge on any atom is 0.247 e. The van der Waals surface area contributed by atoms with Crippen LogP contribution in [0.4, 0.5) is 5.69 Å². The summed E-state index contributed by atoms with van der Waals surface area (Å²) in [5.41, 5.74) is 6.40. The number of likely N-dealkylation sites (N-methyl/N-ethyl adjacent to an activating group) is 1. The Balaban J connectivity index is 0.00000128. The quantitative estimate of drug-likeness (QED) is 0.791. The Kier molecular flexibility index (Phi) is 4.18. The normalized spacial score (nSPS) is 19.3. The van der Waals surface area contributed by atoms with Gasteiger partial charge in [0.05, 0.1) is 5.69 Å². The Morgan fingerprint density at radius 2 is 2.25 bits per heavy atom. The second-order valence-electron chi connectivity index (χ2n) is 3.43. The first kappa shape index (κ1) is 13.3. The molecule has 0 bridgehead atoms. The number of ether oxygens (including phenoxy) is 1. The second-order valence-corrected chi connectivity index (χ2v) is 4.34. The molecule has 1 aliphatic heterocycles. The van der Waals surface area contributed by atoms with Gasteiger partial charge in [-0.25, -0.2) is 0 Å². The zero-order valence-corrected chi connectivity index (χ0v) is 11.0. The summed E-state index contributed by atoms with van der Waals surface area (Å²) >= 11 is 3.35. The summed E-state index contributed by atoms with van der Waals surface area (Å²) in [6.45, 7) is 0.220. The lowest BCUT2D eigenvalue weighted by Crippen LogP contribution is -2.43. The zero-order chi connectivity index (χ0) is 11.0. The van der Waals surface area contributed by atoms with Gasteiger partial charge in [0.2, 0.25) is 5.91 Å². The van der Waals surface area contributed by atoms with Crippen LogP contribution in [-0.2, 0) is 4.79 Å².